The molecule has 0 aliphatic carbocycles. The fourth-order valence-electron chi connectivity index (χ4n) is 3.00. The number of likely N-dealkylation sites (N-methyl/N-ethyl adjacent to an activating group) is 1. The maximum atomic E-state index is 11.4. The lowest BCUT2D eigenvalue weighted by molar-refractivity contribution is -0.110. The first-order valence-corrected chi connectivity index (χ1v) is 9.78. The van der Waals surface area contributed by atoms with E-state index in [0.717, 1.165) is 28.4 Å². The van der Waals surface area contributed by atoms with E-state index in [-0.39, 0.29) is 12.1 Å². The number of hydrogen-bond acceptors (Lipinski definition) is 3. The second kappa shape index (κ2) is 11.2. The summed E-state index contributed by atoms with van der Waals surface area (Å²) in [5.74, 6) is 0.524. The van der Waals surface area contributed by atoms with Crippen molar-refractivity contribution < 1.29 is 9.59 Å². The lowest BCUT2D eigenvalue weighted by Gasteiger charge is -2.20. The van der Waals surface area contributed by atoms with Gasteiger partial charge in [-0.1, -0.05) is 57.5 Å². The standard InChI is InChI=1S/C11H7NO.C10H20N2O.C2H6/c13-11-8-5-1-3-7-4-2-6-9(12-11)10(7)8;1-7(2)8(3)9(4)10(11-5)12-6-13;1-2/h1-6H,(H,12,13);6-7,10-11H,1-5H3,(H,12,13);1-2H3. The van der Waals surface area contributed by atoms with Crippen LogP contribution in [0.2, 0.25) is 0 Å². The van der Waals surface area contributed by atoms with E-state index < -0.39 is 0 Å². The predicted molar refractivity (Wildman–Crippen MR) is 119 cm³/mol. The molecule has 0 saturated heterocycles. The monoisotopic (exact) mass is 383 g/mol. The maximum absolute atomic E-state index is 11.4. The average molecular weight is 384 g/mol. The predicted octanol–water partition coefficient (Wildman–Crippen LogP) is 4.70. The van der Waals surface area contributed by atoms with Gasteiger partial charge in [0.05, 0.1) is 0 Å². The third kappa shape index (κ3) is 5.42. The first-order valence-electron chi connectivity index (χ1n) is 9.78. The van der Waals surface area contributed by atoms with Crippen molar-refractivity contribution in [3.05, 3.63) is 53.1 Å². The van der Waals surface area contributed by atoms with E-state index in [1.54, 1.807) is 0 Å². The number of hydrogen-bond donors (Lipinski definition) is 3. The quantitative estimate of drug-likeness (QED) is 0.398. The molecule has 5 heteroatoms. The van der Waals surface area contributed by atoms with Crippen LogP contribution in [0.15, 0.2) is 47.5 Å². The van der Waals surface area contributed by atoms with Gasteiger partial charge in [-0.25, -0.2) is 0 Å². The number of carbonyl (C=O) groups excluding carboxylic acids is 2. The molecule has 0 fully saturated rings. The normalized spacial score (nSPS) is 13.5. The van der Waals surface area contributed by atoms with Gasteiger partial charge in [-0.05, 0) is 49.9 Å². The molecular weight excluding hydrogens is 350 g/mol. The summed E-state index contributed by atoms with van der Waals surface area (Å²) in [4.78, 5) is 21.7. The van der Waals surface area contributed by atoms with Gasteiger partial charge in [0.2, 0.25) is 6.41 Å². The molecule has 152 valence electrons. The number of allylic oxidation sites excluding steroid dienone is 1. The topological polar surface area (TPSA) is 70.2 Å². The fourth-order valence-corrected chi connectivity index (χ4v) is 3.00. The molecule has 0 spiro atoms. The van der Waals surface area contributed by atoms with E-state index >= 15 is 0 Å². The Morgan fingerprint density at radius 3 is 2.18 bits per heavy atom. The van der Waals surface area contributed by atoms with Crippen LogP contribution in [0.3, 0.4) is 0 Å². The molecule has 3 N–H and O–H groups in total. The van der Waals surface area contributed by atoms with Crippen molar-refractivity contribution in [1.82, 2.24) is 10.6 Å². The Morgan fingerprint density at radius 1 is 1.04 bits per heavy atom. The van der Waals surface area contributed by atoms with E-state index in [2.05, 4.69) is 36.7 Å². The number of amides is 2. The first kappa shape index (κ1) is 23.4. The second-order valence-electron chi connectivity index (χ2n) is 6.69. The van der Waals surface area contributed by atoms with Gasteiger partial charge >= 0.3 is 0 Å². The highest BCUT2D eigenvalue weighted by molar-refractivity contribution is 6.23. The van der Waals surface area contributed by atoms with Crippen LogP contribution in [-0.2, 0) is 4.79 Å². The Hall–Kier alpha value is -2.66. The van der Waals surface area contributed by atoms with Gasteiger partial charge in [-0.3, -0.25) is 14.9 Å². The summed E-state index contributed by atoms with van der Waals surface area (Å²) >= 11 is 0. The van der Waals surface area contributed by atoms with Gasteiger partial charge in [-0.15, -0.1) is 0 Å². The third-order valence-corrected chi connectivity index (χ3v) is 4.84. The van der Waals surface area contributed by atoms with Gasteiger partial charge in [-0.2, -0.15) is 0 Å². The molecular formula is C23H33N3O2. The number of rotatable bonds is 5. The van der Waals surface area contributed by atoms with Crippen molar-refractivity contribution >= 4 is 28.8 Å². The summed E-state index contributed by atoms with van der Waals surface area (Å²) in [6.45, 7) is 12.4. The van der Waals surface area contributed by atoms with Gasteiger partial charge in [0.25, 0.3) is 5.91 Å². The summed E-state index contributed by atoms with van der Waals surface area (Å²) in [7, 11) is 1.83. The van der Waals surface area contributed by atoms with E-state index in [1.807, 2.05) is 64.2 Å². The van der Waals surface area contributed by atoms with E-state index in [0.29, 0.717) is 5.92 Å². The SMILES string of the molecule is CC.CNC(NC=O)C(C)=C(C)C(C)C.O=C1Nc2cccc3cccc1c23. The smallest absolute Gasteiger partial charge is 0.256 e. The van der Waals surface area contributed by atoms with Crippen LogP contribution < -0.4 is 16.0 Å². The molecule has 0 saturated carbocycles. The number of anilines is 1. The van der Waals surface area contributed by atoms with Crippen molar-refractivity contribution in [3.63, 3.8) is 0 Å². The number of benzene rings is 2. The van der Waals surface area contributed by atoms with E-state index in [1.165, 1.54) is 11.1 Å². The lowest BCUT2D eigenvalue weighted by Crippen LogP contribution is -2.40. The molecule has 1 atom stereocenters. The number of carbonyl (C=O) groups is 2. The summed E-state index contributed by atoms with van der Waals surface area (Å²) in [6.07, 6.45) is 0.679. The molecule has 2 aromatic rings. The Bertz CT molecular complexity index is 836. The van der Waals surface area contributed by atoms with Crippen LogP contribution in [0.25, 0.3) is 10.8 Å². The van der Waals surface area contributed by atoms with Gasteiger partial charge in [0.15, 0.2) is 0 Å². The summed E-state index contributed by atoms with van der Waals surface area (Å²) in [5, 5.41) is 10.8. The third-order valence-electron chi connectivity index (χ3n) is 4.84. The minimum absolute atomic E-state index is 0.00630. The zero-order chi connectivity index (χ0) is 21.3. The average Bonchev–Trinajstić information content (AvgIpc) is 3.04. The van der Waals surface area contributed by atoms with Crippen molar-refractivity contribution in [2.24, 2.45) is 5.92 Å². The van der Waals surface area contributed by atoms with Crippen molar-refractivity contribution in [3.8, 4) is 0 Å². The van der Waals surface area contributed by atoms with Crippen molar-refractivity contribution in [1.29, 1.82) is 0 Å². The fraction of sp³-hybridized carbons (Fsp3) is 0.391. The summed E-state index contributed by atoms with van der Waals surface area (Å²) in [6, 6.07) is 11.7. The molecule has 3 rings (SSSR count). The molecule has 2 aromatic carbocycles. The Kier molecular flexibility index (Phi) is 9.39. The summed E-state index contributed by atoms with van der Waals surface area (Å²) < 4.78 is 0. The van der Waals surface area contributed by atoms with Gasteiger partial charge in [0, 0.05) is 16.6 Å². The van der Waals surface area contributed by atoms with Crippen LogP contribution in [0.5, 0.6) is 0 Å². The highest BCUT2D eigenvalue weighted by Crippen LogP contribution is 2.32. The van der Waals surface area contributed by atoms with Gasteiger partial charge < -0.3 is 10.6 Å². The van der Waals surface area contributed by atoms with E-state index in [9.17, 15) is 9.59 Å². The Morgan fingerprint density at radius 2 is 1.64 bits per heavy atom. The molecule has 5 nitrogen and oxygen atoms in total. The molecule has 1 aliphatic heterocycles. The second-order valence-corrected chi connectivity index (χ2v) is 6.69. The maximum Gasteiger partial charge on any atom is 0.256 e. The van der Waals surface area contributed by atoms with Crippen molar-refractivity contribution in [2.45, 2.75) is 47.7 Å². The molecule has 0 bridgehead atoms. The van der Waals surface area contributed by atoms with Crippen molar-refractivity contribution in [2.75, 3.05) is 12.4 Å². The van der Waals surface area contributed by atoms with E-state index in [4.69, 9.17) is 0 Å². The van der Waals surface area contributed by atoms with Crippen LogP contribution in [-0.4, -0.2) is 25.5 Å². The zero-order valence-electron chi connectivity index (χ0n) is 18.0. The molecule has 0 aromatic heterocycles. The summed E-state index contributed by atoms with van der Waals surface area (Å²) in [5.41, 5.74) is 4.21. The Balaban J connectivity index is 0.000000257. The Labute approximate surface area is 168 Å². The van der Waals surface area contributed by atoms with Crippen LogP contribution in [0.4, 0.5) is 5.69 Å². The highest BCUT2D eigenvalue weighted by Gasteiger charge is 2.19. The number of nitrogens with one attached hydrogen (secondary N) is 3. The molecule has 1 heterocycles. The lowest BCUT2D eigenvalue weighted by atomic mass is 9.98. The molecule has 2 amide bonds. The molecule has 1 aliphatic rings. The van der Waals surface area contributed by atoms with Crippen LogP contribution in [0.1, 0.15) is 51.9 Å². The van der Waals surface area contributed by atoms with Crippen LogP contribution >= 0.6 is 0 Å². The minimum atomic E-state index is -0.0418. The first-order chi connectivity index (χ1) is 13.4. The molecule has 0 radical (unpaired) electrons. The van der Waals surface area contributed by atoms with Gasteiger partial charge in [0.1, 0.15) is 6.17 Å². The highest BCUT2D eigenvalue weighted by atomic mass is 16.2. The zero-order valence-corrected chi connectivity index (χ0v) is 18.0. The largest absolute Gasteiger partial charge is 0.340 e. The molecule has 1 unspecified atom stereocenters. The minimum Gasteiger partial charge on any atom is -0.340 e. The molecule has 28 heavy (non-hydrogen) atoms. The van der Waals surface area contributed by atoms with Crippen LogP contribution in [0, 0.1) is 5.92 Å².